The van der Waals surface area contributed by atoms with Gasteiger partial charge in [-0.25, -0.2) is 4.79 Å². The lowest BCUT2D eigenvalue weighted by Gasteiger charge is -2.37. The molecule has 2 aromatic heterocycles. The largest absolute Gasteiger partial charge is 0.378 e. The summed E-state index contributed by atoms with van der Waals surface area (Å²) >= 11 is 0. The van der Waals surface area contributed by atoms with Crippen LogP contribution in [0.1, 0.15) is 12.8 Å². The van der Waals surface area contributed by atoms with Crippen molar-refractivity contribution in [2.45, 2.75) is 18.6 Å². The number of carbonyl (C=O) groups excluding carboxylic acids is 1. The average molecular weight is 519 g/mol. The van der Waals surface area contributed by atoms with Crippen LogP contribution in [0.3, 0.4) is 0 Å². The van der Waals surface area contributed by atoms with Crippen LogP contribution in [-0.2, 0) is 14.2 Å². The van der Waals surface area contributed by atoms with E-state index in [0.717, 1.165) is 44.6 Å². The van der Waals surface area contributed by atoms with E-state index in [9.17, 15) is 4.79 Å². The van der Waals surface area contributed by atoms with E-state index >= 15 is 0 Å². The van der Waals surface area contributed by atoms with Gasteiger partial charge < -0.3 is 34.6 Å². The van der Waals surface area contributed by atoms with E-state index in [4.69, 9.17) is 29.2 Å². The van der Waals surface area contributed by atoms with Crippen LogP contribution in [-0.4, -0.2) is 84.4 Å². The summed E-state index contributed by atoms with van der Waals surface area (Å²) in [5.74, 6) is 1.40. The minimum atomic E-state index is -0.466. The predicted molar refractivity (Wildman–Crippen MR) is 141 cm³/mol. The molecule has 3 saturated heterocycles. The van der Waals surface area contributed by atoms with Crippen LogP contribution in [0.15, 0.2) is 48.8 Å². The fourth-order valence-electron chi connectivity index (χ4n) is 4.79. The number of hydrogen-bond acceptors (Lipinski definition) is 10. The van der Waals surface area contributed by atoms with Crippen molar-refractivity contribution in [2.24, 2.45) is 0 Å². The molecule has 3 aliphatic heterocycles. The molecule has 198 valence electrons. The van der Waals surface area contributed by atoms with Gasteiger partial charge in [0.25, 0.3) is 0 Å². The Morgan fingerprint density at radius 2 is 1.32 bits per heavy atom. The molecule has 0 unspecified atom stereocenters. The number of pyridine rings is 1. The summed E-state index contributed by atoms with van der Waals surface area (Å²) in [4.78, 5) is 35.1. The summed E-state index contributed by atoms with van der Waals surface area (Å²) in [7, 11) is 0. The molecule has 38 heavy (non-hydrogen) atoms. The fourth-order valence-corrected chi connectivity index (χ4v) is 4.79. The number of hydrogen-bond donors (Lipinski definition) is 2. The fraction of sp³-hybridized carbons (Fsp3) is 0.423. The van der Waals surface area contributed by atoms with Gasteiger partial charge in [0.2, 0.25) is 11.9 Å². The van der Waals surface area contributed by atoms with Crippen molar-refractivity contribution < 1.29 is 19.0 Å². The van der Waals surface area contributed by atoms with Gasteiger partial charge in [-0.3, -0.25) is 4.98 Å². The Bertz CT molecular complexity index is 1240. The normalized spacial score (nSPS) is 18.9. The number of rotatable bonds is 5. The third-order valence-electron chi connectivity index (χ3n) is 6.87. The molecular weight excluding hydrogens is 488 g/mol. The smallest absolute Gasteiger partial charge is 0.323 e. The highest BCUT2D eigenvalue weighted by Gasteiger charge is 2.40. The summed E-state index contributed by atoms with van der Waals surface area (Å²) in [5.41, 5.74) is 2.15. The molecule has 0 radical (unpaired) electrons. The molecule has 1 aromatic carbocycles. The lowest BCUT2D eigenvalue weighted by Crippen LogP contribution is -2.46. The van der Waals surface area contributed by atoms with E-state index in [1.165, 1.54) is 0 Å². The van der Waals surface area contributed by atoms with E-state index in [1.807, 2.05) is 24.3 Å². The van der Waals surface area contributed by atoms with Crippen LogP contribution in [0, 0.1) is 0 Å². The number of nitrogens with one attached hydrogen (secondary N) is 2. The van der Waals surface area contributed by atoms with Gasteiger partial charge in [0.15, 0.2) is 11.6 Å². The predicted octanol–water partition coefficient (Wildman–Crippen LogP) is 2.76. The number of morpholine rings is 1. The number of ether oxygens (including phenoxy) is 3. The van der Waals surface area contributed by atoms with Crippen LogP contribution in [0.5, 0.6) is 0 Å². The van der Waals surface area contributed by atoms with Gasteiger partial charge in [-0.15, -0.1) is 0 Å². The Kier molecular flexibility index (Phi) is 6.99. The van der Waals surface area contributed by atoms with Crippen LogP contribution < -0.4 is 20.4 Å². The quantitative estimate of drug-likeness (QED) is 0.521. The third kappa shape index (κ3) is 5.52. The van der Waals surface area contributed by atoms with E-state index in [-0.39, 0.29) is 6.03 Å². The average Bonchev–Trinajstić information content (AvgIpc) is 3.42. The molecule has 12 nitrogen and oxygen atoms in total. The zero-order chi connectivity index (χ0) is 25.8. The molecular formula is C26H30N8O4. The lowest BCUT2D eigenvalue weighted by molar-refractivity contribution is -0.169. The molecule has 2 amide bonds. The van der Waals surface area contributed by atoms with Gasteiger partial charge in [0, 0.05) is 68.4 Å². The van der Waals surface area contributed by atoms with Crippen molar-refractivity contribution >= 4 is 29.3 Å². The van der Waals surface area contributed by atoms with Crippen molar-refractivity contribution in [3.05, 3.63) is 48.8 Å². The molecule has 5 heterocycles. The van der Waals surface area contributed by atoms with Crippen molar-refractivity contribution in [1.29, 1.82) is 0 Å². The molecule has 0 bridgehead atoms. The SMILES string of the molecule is O=C(Nc1ccncc1)Nc1ccc(-c2nc(N3CCOCC3)nc(N3CCC4(CC3)OCCO4)n2)cc1. The zero-order valence-electron chi connectivity index (χ0n) is 21.0. The summed E-state index contributed by atoms with van der Waals surface area (Å²) < 4.78 is 17.3. The second-order valence-corrected chi connectivity index (χ2v) is 9.35. The Morgan fingerprint density at radius 1 is 0.737 bits per heavy atom. The number of anilines is 4. The van der Waals surface area contributed by atoms with Crippen LogP contribution in [0.2, 0.25) is 0 Å². The topological polar surface area (TPSA) is 127 Å². The molecule has 0 saturated carbocycles. The Hall–Kier alpha value is -3.87. The van der Waals surface area contributed by atoms with Gasteiger partial charge in [0.05, 0.1) is 26.4 Å². The number of urea groups is 1. The monoisotopic (exact) mass is 518 g/mol. The number of nitrogens with zero attached hydrogens (tertiary/aromatic N) is 6. The third-order valence-corrected chi connectivity index (χ3v) is 6.87. The number of aromatic nitrogens is 4. The first-order chi connectivity index (χ1) is 18.7. The molecule has 3 aliphatic rings. The highest BCUT2D eigenvalue weighted by atomic mass is 16.7. The summed E-state index contributed by atoms with van der Waals surface area (Å²) in [6.07, 6.45) is 4.78. The maximum atomic E-state index is 12.4. The van der Waals surface area contributed by atoms with Crippen molar-refractivity contribution in [2.75, 3.05) is 73.0 Å². The molecule has 0 aliphatic carbocycles. The first-order valence-electron chi connectivity index (χ1n) is 12.9. The summed E-state index contributed by atoms with van der Waals surface area (Å²) in [6, 6.07) is 10.6. The standard InChI is InChI=1S/C26H30N8O4/c35-25(29-21-5-9-27-10-6-21)28-20-3-1-19(2-4-20)22-30-23(32-24(31-22)34-13-15-36-16-14-34)33-11-7-26(8-12-33)37-17-18-38-26/h1-6,9-10H,7-8,11-18H2,(H2,27,28,29,35). The molecule has 3 aromatic rings. The van der Waals surface area contributed by atoms with E-state index in [2.05, 4.69) is 25.4 Å². The maximum absolute atomic E-state index is 12.4. The molecule has 3 fully saturated rings. The van der Waals surface area contributed by atoms with Gasteiger partial charge in [-0.1, -0.05) is 0 Å². The number of carbonyl (C=O) groups is 1. The van der Waals surface area contributed by atoms with E-state index < -0.39 is 5.79 Å². The van der Waals surface area contributed by atoms with Crippen LogP contribution >= 0.6 is 0 Å². The second-order valence-electron chi connectivity index (χ2n) is 9.35. The van der Waals surface area contributed by atoms with E-state index in [1.54, 1.807) is 24.5 Å². The first kappa shape index (κ1) is 24.5. The Labute approximate surface area is 220 Å². The Balaban J connectivity index is 1.21. The highest BCUT2D eigenvalue weighted by Crippen LogP contribution is 2.33. The minimum Gasteiger partial charge on any atom is -0.378 e. The Morgan fingerprint density at radius 3 is 1.95 bits per heavy atom. The number of amides is 2. The van der Waals surface area contributed by atoms with Gasteiger partial charge in [-0.05, 0) is 36.4 Å². The van der Waals surface area contributed by atoms with Crippen molar-refractivity contribution in [3.63, 3.8) is 0 Å². The zero-order valence-corrected chi connectivity index (χ0v) is 21.0. The molecule has 2 N–H and O–H groups in total. The lowest BCUT2D eigenvalue weighted by atomic mass is 10.0. The summed E-state index contributed by atoms with van der Waals surface area (Å²) in [6.45, 7) is 5.49. The van der Waals surface area contributed by atoms with Gasteiger partial charge in [0.1, 0.15) is 0 Å². The molecule has 12 heteroatoms. The van der Waals surface area contributed by atoms with Crippen LogP contribution in [0.4, 0.5) is 28.1 Å². The summed E-state index contributed by atoms with van der Waals surface area (Å²) in [5, 5.41) is 5.62. The molecule has 0 atom stereocenters. The maximum Gasteiger partial charge on any atom is 0.323 e. The van der Waals surface area contributed by atoms with Gasteiger partial charge >= 0.3 is 6.03 Å². The highest BCUT2D eigenvalue weighted by molar-refractivity contribution is 5.99. The van der Waals surface area contributed by atoms with Crippen molar-refractivity contribution in [3.8, 4) is 11.4 Å². The molecule has 6 rings (SSSR count). The van der Waals surface area contributed by atoms with E-state index in [0.29, 0.717) is 55.5 Å². The van der Waals surface area contributed by atoms with Crippen molar-refractivity contribution in [1.82, 2.24) is 19.9 Å². The molecule has 1 spiro atoms. The number of piperidine rings is 1. The van der Waals surface area contributed by atoms with Crippen LogP contribution in [0.25, 0.3) is 11.4 Å². The minimum absolute atomic E-state index is 0.334. The van der Waals surface area contributed by atoms with Gasteiger partial charge in [-0.2, -0.15) is 15.0 Å². The number of benzene rings is 1. The second kappa shape index (κ2) is 10.9. The first-order valence-corrected chi connectivity index (χ1v) is 12.9.